The molecule has 4 aromatic rings. The summed E-state index contributed by atoms with van der Waals surface area (Å²) >= 11 is 0. The van der Waals surface area contributed by atoms with Crippen LogP contribution in [0.25, 0.3) is 0 Å². The Bertz CT molecular complexity index is 1770. The van der Waals surface area contributed by atoms with E-state index in [-0.39, 0.29) is 12.1 Å². The van der Waals surface area contributed by atoms with Crippen LogP contribution in [0.5, 0.6) is 17.2 Å². The van der Waals surface area contributed by atoms with Crippen LogP contribution in [0.2, 0.25) is 0 Å². The zero-order valence-electron chi connectivity index (χ0n) is 25.4. The Morgan fingerprint density at radius 3 is 2.27 bits per heavy atom. The average molecular weight is 608 g/mol. The number of fused-ring (bicyclic) bond motifs is 1. The minimum absolute atomic E-state index is 0.0399. The van der Waals surface area contributed by atoms with E-state index >= 15 is 0 Å². The molecule has 5 rings (SSSR count). The van der Waals surface area contributed by atoms with Crippen molar-refractivity contribution in [3.05, 3.63) is 113 Å². The molecule has 1 heterocycles. The second kappa shape index (κ2) is 13.3. The van der Waals surface area contributed by atoms with Crippen LogP contribution in [0.4, 0.5) is 11.4 Å². The van der Waals surface area contributed by atoms with Gasteiger partial charge in [0.25, 0.3) is 17.6 Å². The quantitative estimate of drug-likeness (QED) is 0.240. The Balaban J connectivity index is 1.59. The van der Waals surface area contributed by atoms with Crippen LogP contribution in [-0.2, 0) is 20.9 Å². The number of nitrogens with zero attached hydrogens (tertiary/aromatic N) is 2. The summed E-state index contributed by atoms with van der Waals surface area (Å²) in [4.78, 5) is 57.1. The fourth-order valence-electron chi connectivity index (χ4n) is 5.31. The molecular formula is C35H33N3O7. The number of para-hydroxylation sites is 1. The summed E-state index contributed by atoms with van der Waals surface area (Å²) in [7, 11) is 4.52. The summed E-state index contributed by atoms with van der Waals surface area (Å²) in [5.41, 5.74) is 3.14. The van der Waals surface area contributed by atoms with E-state index in [2.05, 4.69) is 5.32 Å². The molecule has 10 heteroatoms. The summed E-state index contributed by atoms with van der Waals surface area (Å²) < 4.78 is 16.3. The van der Waals surface area contributed by atoms with E-state index in [9.17, 15) is 19.2 Å². The normalized spacial score (nSPS) is 12.8. The van der Waals surface area contributed by atoms with E-state index in [4.69, 9.17) is 14.2 Å². The van der Waals surface area contributed by atoms with E-state index in [1.54, 1.807) is 66.7 Å². The molecule has 10 nitrogen and oxygen atoms in total. The first-order chi connectivity index (χ1) is 21.7. The zero-order valence-corrected chi connectivity index (χ0v) is 25.4. The third kappa shape index (κ3) is 6.35. The average Bonchev–Trinajstić information content (AvgIpc) is 3.30. The lowest BCUT2D eigenvalue weighted by Crippen LogP contribution is -2.46. The Labute approximate surface area is 261 Å². The van der Waals surface area contributed by atoms with Crippen LogP contribution in [0, 0.1) is 6.92 Å². The van der Waals surface area contributed by atoms with Gasteiger partial charge in [-0.05, 0) is 60.0 Å². The first kappa shape index (κ1) is 30.8. The lowest BCUT2D eigenvalue weighted by atomic mass is 10.0. The van der Waals surface area contributed by atoms with Crippen molar-refractivity contribution < 1.29 is 33.4 Å². The maximum atomic E-state index is 14.4. The van der Waals surface area contributed by atoms with E-state index < -0.39 is 36.1 Å². The van der Waals surface area contributed by atoms with Crippen molar-refractivity contribution in [2.75, 3.05) is 38.1 Å². The highest BCUT2D eigenvalue weighted by Gasteiger charge is 2.39. The summed E-state index contributed by atoms with van der Waals surface area (Å²) in [5.74, 6) is -1.16. The number of anilines is 2. The third-order valence-electron chi connectivity index (χ3n) is 7.73. The molecule has 0 bridgehead atoms. The number of carbonyl (C=O) groups is 4. The number of rotatable bonds is 11. The van der Waals surface area contributed by atoms with Crippen LogP contribution < -0.4 is 24.4 Å². The molecule has 230 valence electrons. The maximum Gasteiger partial charge on any atom is 0.299 e. The molecule has 0 aromatic heterocycles. The molecular weight excluding hydrogens is 574 g/mol. The van der Waals surface area contributed by atoms with E-state index in [0.29, 0.717) is 34.2 Å². The molecule has 1 N–H and O–H groups in total. The van der Waals surface area contributed by atoms with E-state index in [1.165, 1.54) is 26.2 Å². The SMILES string of the molecule is COc1cccc(C(C(=O)Nc2ccc(OC)cc2OC)N(Cc2ccccc2C)C(=O)CN2C(=O)C(=O)c3ccccc32)c1. The molecule has 1 aliphatic rings. The molecule has 4 aromatic carbocycles. The van der Waals surface area contributed by atoms with Crippen LogP contribution in [-0.4, -0.2) is 56.3 Å². The Kier molecular flexibility index (Phi) is 9.13. The van der Waals surface area contributed by atoms with Gasteiger partial charge in [-0.1, -0.05) is 48.5 Å². The number of amides is 3. The zero-order chi connectivity index (χ0) is 32.1. The molecule has 0 spiro atoms. The number of hydrogen-bond donors (Lipinski definition) is 1. The van der Waals surface area contributed by atoms with Crippen molar-refractivity contribution >= 4 is 34.9 Å². The van der Waals surface area contributed by atoms with Gasteiger partial charge in [-0.15, -0.1) is 0 Å². The van der Waals surface area contributed by atoms with Gasteiger partial charge in [0.15, 0.2) is 0 Å². The smallest absolute Gasteiger partial charge is 0.299 e. The molecule has 0 fully saturated rings. The monoisotopic (exact) mass is 607 g/mol. The summed E-state index contributed by atoms with van der Waals surface area (Å²) in [6.45, 7) is 1.50. The van der Waals surface area contributed by atoms with Gasteiger partial charge in [0.1, 0.15) is 29.8 Å². The predicted molar refractivity (Wildman–Crippen MR) is 169 cm³/mol. The molecule has 1 aliphatic heterocycles. The van der Waals surface area contributed by atoms with Gasteiger partial charge in [-0.2, -0.15) is 0 Å². The van der Waals surface area contributed by atoms with E-state index in [1.807, 2.05) is 31.2 Å². The van der Waals surface area contributed by atoms with Gasteiger partial charge in [-0.3, -0.25) is 24.1 Å². The topological polar surface area (TPSA) is 114 Å². The number of ketones is 1. The van der Waals surface area contributed by atoms with E-state index in [0.717, 1.165) is 16.0 Å². The van der Waals surface area contributed by atoms with Crippen LogP contribution in [0.15, 0.2) is 91.0 Å². The number of carbonyl (C=O) groups excluding carboxylic acids is 4. The molecule has 0 radical (unpaired) electrons. The first-order valence-corrected chi connectivity index (χ1v) is 14.2. The van der Waals surface area contributed by atoms with Crippen molar-refractivity contribution in [1.82, 2.24) is 4.90 Å². The highest BCUT2D eigenvalue weighted by atomic mass is 16.5. The predicted octanol–water partition coefficient (Wildman–Crippen LogP) is 4.96. The Morgan fingerprint density at radius 2 is 1.53 bits per heavy atom. The Hall–Kier alpha value is -5.64. The fraction of sp³-hybridized carbons (Fsp3) is 0.200. The lowest BCUT2D eigenvalue weighted by molar-refractivity contribution is -0.139. The summed E-state index contributed by atoms with van der Waals surface area (Å²) in [5, 5.41) is 2.92. The maximum absolute atomic E-state index is 14.4. The first-order valence-electron chi connectivity index (χ1n) is 14.2. The summed E-state index contributed by atoms with van der Waals surface area (Å²) in [6, 6.07) is 24.8. The van der Waals surface area contributed by atoms with Gasteiger partial charge in [0, 0.05) is 12.6 Å². The minimum Gasteiger partial charge on any atom is -0.497 e. The summed E-state index contributed by atoms with van der Waals surface area (Å²) in [6.07, 6.45) is 0. The third-order valence-corrected chi connectivity index (χ3v) is 7.73. The van der Waals surface area contributed by atoms with Gasteiger partial charge in [-0.25, -0.2) is 0 Å². The highest BCUT2D eigenvalue weighted by Crippen LogP contribution is 2.34. The number of nitrogens with one attached hydrogen (secondary N) is 1. The van der Waals surface area contributed by atoms with Crippen LogP contribution in [0.1, 0.15) is 33.1 Å². The van der Waals surface area contributed by atoms with Gasteiger partial charge in [0.05, 0.1) is 38.3 Å². The number of ether oxygens (including phenoxy) is 3. The molecule has 0 aliphatic carbocycles. The fourth-order valence-corrected chi connectivity index (χ4v) is 5.31. The highest BCUT2D eigenvalue weighted by molar-refractivity contribution is 6.52. The molecule has 45 heavy (non-hydrogen) atoms. The van der Waals surface area contributed by atoms with Crippen LogP contribution in [0.3, 0.4) is 0 Å². The molecule has 1 unspecified atom stereocenters. The van der Waals surface area contributed by atoms with Gasteiger partial charge >= 0.3 is 0 Å². The molecule has 3 amide bonds. The molecule has 0 saturated heterocycles. The number of aryl methyl sites for hydroxylation is 1. The number of methoxy groups -OCH3 is 3. The molecule has 1 atom stereocenters. The van der Waals surface area contributed by atoms with Crippen molar-refractivity contribution in [3.8, 4) is 17.2 Å². The largest absolute Gasteiger partial charge is 0.497 e. The van der Waals surface area contributed by atoms with Crippen molar-refractivity contribution in [3.63, 3.8) is 0 Å². The van der Waals surface area contributed by atoms with Crippen molar-refractivity contribution in [2.24, 2.45) is 0 Å². The van der Waals surface area contributed by atoms with Gasteiger partial charge in [0.2, 0.25) is 5.91 Å². The standard InChI is InChI=1S/C35H33N3O7/c1-22-10-5-6-11-24(22)20-38(31(39)21-37-29-15-8-7-14-27(29)33(40)35(37)42)32(23-12-9-13-25(18-23)43-2)34(41)36-28-17-16-26(44-3)19-30(28)45-4/h5-19,32H,20-21H2,1-4H3,(H,36,41). The number of Topliss-reactive ketones (excluding diaryl/α,β-unsaturated/α-hetero) is 1. The lowest BCUT2D eigenvalue weighted by Gasteiger charge is -2.33. The van der Waals surface area contributed by atoms with Crippen molar-refractivity contribution in [1.29, 1.82) is 0 Å². The minimum atomic E-state index is -1.18. The number of benzene rings is 4. The van der Waals surface area contributed by atoms with Crippen molar-refractivity contribution in [2.45, 2.75) is 19.5 Å². The molecule has 0 saturated carbocycles. The number of hydrogen-bond acceptors (Lipinski definition) is 7. The second-order valence-corrected chi connectivity index (χ2v) is 10.4. The second-order valence-electron chi connectivity index (χ2n) is 10.4. The van der Waals surface area contributed by atoms with Gasteiger partial charge < -0.3 is 24.4 Å². The Morgan fingerprint density at radius 1 is 0.822 bits per heavy atom. The van der Waals surface area contributed by atoms with Crippen LogP contribution >= 0.6 is 0 Å².